The molecule has 0 bridgehead atoms. The van der Waals surface area contributed by atoms with Crippen molar-refractivity contribution in [3.8, 4) is 0 Å². The number of rotatable bonds is 2. The number of nitrogens with one attached hydrogen (secondary N) is 1. The minimum absolute atomic E-state index is 0.756. The van der Waals surface area contributed by atoms with Crippen molar-refractivity contribution >= 4 is 12.2 Å². The van der Waals surface area contributed by atoms with Gasteiger partial charge in [-0.1, -0.05) is 0 Å². The zero-order valence-corrected chi connectivity index (χ0v) is 9.01. The van der Waals surface area contributed by atoms with Crippen LogP contribution in [0.4, 0.5) is 0 Å². The number of aromatic amines is 1. The Bertz CT molecular complexity index is 491. The van der Waals surface area contributed by atoms with Crippen LogP contribution < -0.4 is 0 Å². The maximum Gasteiger partial charge on any atom is 0.177 e. The van der Waals surface area contributed by atoms with Crippen molar-refractivity contribution in [1.82, 2.24) is 19.3 Å². The molecule has 2 aromatic rings. The number of H-pyrrole nitrogens is 1. The van der Waals surface area contributed by atoms with E-state index in [-0.39, 0.29) is 0 Å². The molecular weight excluding hydrogens is 196 g/mol. The molecule has 0 spiro atoms. The van der Waals surface area contributed by atoms with Gasteiger partial charge in [-0.05, 0) is 19.1 Å². The summed E-state index contributed by atoms with van der Waals surface area (Å²) in [5, 5.41) is 4.11. The lowest BCUT2D eigenvalue weighted by atomic mass is 10.3. The second-order valence-electron chi connectivity index (χ2n) is 3.39. The van der Waals surface area contributed by atoms with E-state index in [1.165, 1.54) is 0 Å². The van der Waals surface area contributed by atoms with Gasteiger partial charge in [0.1, 0.15) is 0 Å². The van der Waals surface area contributed by atoms with Crippen molar-refractivity contribution in [3.05, 3.63) is 34.6 Å². The summed E-state index contributed by atoms with van der Waals surface area (Å²) < 4.78 is 4.55. The van der Waals surface area contributed by atoms with Crippen LogP contribution in [0, 0.1) is 11.7 Å². The SMILES string of the molecule is Cc1cn(Cc2cnn(C)c2)c(=S)[nH]1. The highest BCUT2D eigenvalue weighted by atomic mass is 32.1. The van der Waals surface area contributed by atoms with Gasteiger partial charge in [-0.2, -0.15) is 5.10 Å². The number of hydrogen-bond donors (Lipinski definition) is 1. The molecule has 14 heavy (non-hydrogen) atoms. The van der Waals surface area contributed by atoms with Crippen LogP contribution in [0.15, 0.2) is 18.6 Å². The summed E-state index contributed by atoms with van der Waals surface area (Å²) in [5.74, 6) is 0. The lowest BCUT2D eigenvalue weighted by molar-refractivity contribution is 0.759. The van der Waals surface area contributed by atoms with E-state index in [4.69, 9.17) is 12.2 Å². The van der Waals surface area contributed by atoms with Gasteiger partial charge in [0.05, 0.1) is 12.7 Å². The van der Waals surface area contributed by atoms with Gasteiger partial charge in [-0.25, -0.2) is 0 Å². The van der Waals surface area contributed by atoms with Gasteiger partial charge in [0.2, 0.25) is 0 Å². The van der Waals surface area contributed by atoms with E-state index < -0.39 is 0 Å². The monoisotopic (exact) mass is 208 g/mol. The Morgan fingerprint density at radius 1 is 1.50 bits per heavy atom. The lowest BCUT2D eigenvalue weighted by Gasteiger charge is -1.97. The van der Waals surface area contributed by atoms with Crippen molar-refractivity contribution < 1.29 is 0 Å². The lowest BCUT2D eigenvalue weighted by Crippen LogP contribution is -1.96. The summed E-state index contributed by atoms with van der Waals surface area (Å²) in [6, 6.07) is 0. The average molecular weight is 208 g/mol. The van der Waals surface area contributed by atoms with Crippen LogP contribution in [0.25, 0.3) is 0 Å². The molecule has 74 valence electrons. The van der Waals surface area contributed by atoms with Crippen LogP contribution in [0.2, 0.25) is 0 Å². The Morgan fingerprint density at radius 2 is 2.29 bits per heavy atom. The van der Waals surface area contributed by atoms with Crippen molar-refractivity contribution in [1.29, 1.82) is 0 Å². The molecule has 0 fully saturated rings. The van der Waals surface area contributed by atoms with E-state index in [0.717, 1.165) is 22.6 Å². The summed E-state index contributed by atoms with van der Waals surface area (Å²) in [6.45, 7) is 2.77. The van der Waals surface area contributed by atoms with E-state index in [1.54, 1.807) is 4.68 Å². The predicted octanol–water partition coefficient (Wildman–Crippen LogP) is 1.64. The summed E-state index contributed by atoms with van der Waals surface area (Å²) in [5.41, 5.74) is 2.24. The maximum absolute atomic E-state index is 5.16. The van der Waals surface area contributed by atoms with Gasteiger partial charge in [-0.3, -0.25) is 4.68 Å². The highest BCUT2D eigenvalue weighted by Gasteiger charge is 1.99. The van der Waals surface area contributed by atoms with Crippen molar-refractivity contribution in [2.45, 2.75) is 13.5 Å². The number of aryl methyl sites for hydroxylation is 2. The number of hydrogen-bond acceptors (Lipinski definition) is 2. The third kappa shape index (κ3) is 1.77. The van der Waals surface area contributed by atoms with E-state index in [2.05, 4.69) is 10.1 Å². The maximum atomic E-state index is 5.16. The number of nitrogens with zero attached hydrogens (tertiary/aromatic N) is 3. The quantitative estimate of drug-likeness (QED) is 0.762. The van der Waals surface area contributed by atoms with Crippen molar-refractivity contribution in [2.75, 3.05) is 0 Å². The molecular formula is C9H12N4S. The van der Waals surface area contributed by atoms with Crippen LogP contribution >= 0.6 is 12.2 Å². The predicted molar refractivity (Wildman–Crippen MR) is 56.7 cm³/mol. The van der Waals surface area contributed by atoms with Crippen LogP contribution in [-0.4, -0.2) is 19.3 Å². The Labute approximate surface area is 87.2 Å². The molecule has 0 saturated heterocycles. The molecule has 2 rings (SSSR count). The standard InChI is InChI=1S/C9H12N4S/c1-7-4-13(9(14)11-7)6-8-3-10-12(2)5-8/h3-5H,6H2,1-2H3,(H,11,14). The van der Waals surface area contributed by atoms with E-state index in [9.17, 15) is 0 Å². The fourth-order valence-electron chi connectivity index (χ4n) is 1.43. The highest BCUT2D eigenvalue weighted by Crippen LogP contribution is 2.03. The Hall–Kier alpha value is -1.36. The number of imidazole rings is 1. The zero-order valence-electron chi connectivity index (χ0n) is 8.19. The first kappa shape index (κ1) is 9.21. The first-order valence-electron chi connectivity index (χ1n) is 4.39. The Balaban J connectivity index is 2.26. The normalized spacial score (nSPS) is 10.7. The molecule has 0 unspecified atom stereocenters. The molecule has 0 aliphatic rings. The van der Waals surface area contributed by atoms with Gasteiger partial charge in [0, 0.05) is 30.7 Å². The van der Waals surface area contributed by atoms with Crippen LogP contribution in [0.5, 0.6) is 0 Å². The molecule has 1 N–H and O–H groups in total. The fraction of sp³-hybridized carbons (Fsp3) is 0.333. The first-order chi connectivity index (χ1) is 6.65. The summed E-state index contributed by atoms with van der Waals surface area (Å²) >= 11 is 5.16. The molecule has 0 radical (unpaired) electrons. The molecule has 0 aromatic carbocycles. The van der Waals surface area contributed by atoms with Crippen LogP contribution in [-0.2, 0) is 13.6 Å². The number of aromatic nitrogens is 4. The van der Waals surface area contributed by atoms with Gasteiger partial charge >= 0.3 is 0 Å². The van der Waals surface area contributed by atoms with Crippen molar-refractivity contribution in [3.63, 3.8) is 0 Å². The second-order valence-corrected chi connectivity index (χ2v) is 3.78. The summed E-state index contributed by atoms with van der Waals surface area (Å²) in [7, 11) is 1.91. The second kappa shape index (κ2) is 3.42. The molecule has 0 aliphatic carbocycles. The smallest absolute Gasteiger partial charge is 0.177 e. The van der Waals surface area contributed by atoms with E-state index in [0.29, 0.717) is 0 Å². The Kier molecular flexibility index (Phi) is 2.25. The average Bonchev–Trinajstić information content (AvgIpc) is 2.61. The molecule has 2 aromatic heterocycles. The van der Waals surface area contributed by atoms with Crippen LogP contribution in [0.1, 0.15) is 11.3 Å². The molecule has 0 aliphatic heterocycles. The minimum atomic E-state index is 0.756. The molecule has 0 atom stereocenters. The third-order valence-electron chi connectivity index (χ3n) is 2.03. The van der Waals surface area contributed by atoms with Gasteiger partial charge in [0.25, 0.3) is 0 Å². The molecule has 5 heteroatoms. The van der Waals surface area contributed by atoms with Crippen LogP contribution in [0.3, 0.4) is 0 Å². The van der Waals surface area contributed by atoms with Gasteiger partial charge in [-0.15, -0.1) is 0 Å². The first-order valence-corrected chi connectivity index (χ1v) is 4.79. The van der Waals surface area contributed by atoms with Crippen molar-refractivity contribution in [2.24, 2.45) is 7.05 Å². The largest absolute Gasteiger partial charge is 0.335 e. The van der Waals surface area contributed by atoms with Gasteiger partial charge < -0.3 is 9.55 Å². The minimum Gasteiger partial charge on any atom is -0.335 e. The summed E-state index contributed by atoms with van der Waals surface area (Å²) in [6.07, 6.45) is 5.85. The molecule has 0 saturated carbocycles. The van der Waals surface area contributed by atoms with E-state index in [1.807, 2.05) is 37.1 Å². The zero-order chi connectivity index (χ0) is 10.1. The molecule has 0 amide bonds. The van der Waals surface area contributed by atoms with E-state index >= 15 is 0 Å². The highest BCUT2D eigenvalue weighted by molar-refractivity contribution is 7.71. The Morgan fingerprint density at radius 3 is 2.79 bits per heavy atom. The topological polar surface area (TPSA) is 38.5 Å². The fourth-order valence-corrected chi connectivity index (χ4v) is 1.71. The molecule has 4 nitrogen and oxygen atoms in total. The molecule has 2 heterocycles. The van der Waals surface area contributed by atoms with Gasteiger partial charge in [0.15, 0.2) is 4.77 Å². The third-order valence-corrected chi connectivity index (χ3v) is 2.36. The summed E-state index contributed by atoms with van der Waals surface area (Å²) in [4.78, 5) is 3.09.